The van der Waals surface area contributed by atoms with Crippen molar-refractivity contribution >= 4 is 17.7 Å². The van der Waals surface area contributed by atoms with Crippen LogP contribution >= 0.6 is 0 Å². The molecule has 1 aromatic heterocycles. The van der Waals surface area contributed by atoms with Crippen LogP contribution in [-0.4, -0.2) is 63.8 Å². The van der Waals surface area contributed by atoms with E-state index in [4.69, 9.17) is 5.73 Å². The largest absolute Gasteiger partial charge is 0.368 e. The van der Waals surface area contributed by atoms with Crippen LogP contribution in [0.4, 0.5) is 0 Å². The smallest absolute Gasteiger partial charge is 0.246 e. The number of hydrogen-bond acceptors (Lipinski definition) is 5. The number of nitrogens with two attached hydrogens (primary N) is 1. The van der Waals surface area contributed by atoms with Crippen molar-refractivity contribution in [3.05, 3.63) is 17.7 Å². The summed E-state index contributed by atoms with van der Waals surface area (Å²) in [6, 6.07) is -1.67. The van der Waals surface area contributed by atoms with Gasteiger partial charge in [0.1, 0.15) is 17.9 Å². The Morgan fingerprint density at radius 1 is 1.28 bits per heavy atom. The van der Waals surface area contributed by atoms with Gasteiger partial charge in [-0.1, -0.05) is 20.3 Å². The highest BCUT2D eigenvalue weighted by molar-refractivity contribution is 5.93. The fourth-order valence-electron chi connectivity index (χ4n) is 4.07. The molecule has 9 heteroatoms. The molecule has 2 aliphatic heterocycles. The summed E-state index contributed by atoms with van der Waals surface area (Å²) in [6.07, 6.45) is 6.07. The number of H-pyrrole nitrogens is 1. The number of carbonyl (C=O) groups is 3. The van der Waals surface area contributed by atoms with Gasteiger partial charge in [-0.15, -0.1) is 0 Å². The van der Waals surface area contributed by atoms with Crippen molar-refractivity contribution in [1.29, 1.82) is 0 Å². The van der Waals surface area contributed by atoms with E-state index in [1.54, 1.807) is 6.20 Å². The number of rotatable bonds is 7. The van der Waals surface area contributed by atoms with Gasteiger partial charge in [0.25, 0.3) is 0 Å². The summed E-state index contributed by atoms with van der Waals surface area (Å²) in [5.41, 5.74) is 6.26. The summed E-state index contributed by atoms with van der Waals surface area (Å²) in [4.78, 5) is 46.9. The maximum Gasteiger partial charge on any atom is 0.246 e. The summed E-state index contributed by atoms with van der Waals surface area (Å²) in [6.45, 7) is 5.33. The van der Waals surface area contributed by atoms with Crippen LogP contribution in [-0.2, 0) is 20.8 Å². The molecule has 0 aliphatic carbocycles. The summed E-state index contributed by atoms with van der Waals surface area (Å²) < 4.78 is 0. The topological polar surface area (TPSA) is 133 Å². The van der Waals surface area contributed by atoms with Gasteiger partial charge in [0.15, 0.2) is 0 Å². The Morgan fingerprint density at radius 3 is 2.69 bits per heavy atom. The molecule has 0 aromatic carbocycles. The maximum absolute atomic E-state index is 13.3. The number of aromatic amines is 1. The predicted octanol–water partition coefficient (Wildman–Crippen LogP) is 0.179. The molecule has 0 radical (unpaired) electrons. The Bertz CT molecular complexity index is 740. The molecular weight excluding hydrogens is 372 g/mol. The van der Waals surface area contributed by atoms with Gasteiger partial charge in [0.05, 0.1) is 6.04 Å². The van der Waals surface area contributed by atoms with Gasteiger partial charge in [-0.3, -0.25) is 14.4 Å². The van der Waals surface area contributed by atoms with Crippen LogP contribution in [0.3, 0.4) is 0 Å². The summed E-state index contributed by atoms with van der Waals surface area (Å²) in [7, 11) is 0. The average Bonchev–Trinajstić information content (AvgIpc) is 3.37. The van der Waals surface area contributed by atoms with Crippen LogP contribution in [0.2, 0.25) is 0 Å². The van der Waals surface area contributed by atoms with Gasteiger partial charge in [-0.2, -0.15) is 0 Å². The Hall–Kier alpha value is -2.42. The zero-order valence-corrected chi connectivity index (χ0v) is 17.2. The Labute approximate surface area is 171 Å². The van der Waals surface area contributed by atoms with Crippen molar-refractivity contribution in [2.75, 3.05) is 13.1 Å². The normalized spacial score (nSPS) is 23.2. The molecule has 2 saturated heterocycles. The number of nitrogens with zero attached hydrogens (tertiary/aromatic N) is 2. The molecule has 3 heterocycles. The van der Waals surface area contributed by atoms with Crippen LogP contribution in [0, 0.1) is 0 Å². The van der Waals surface area contributed by atoms with Gasteiger partial charge < -0.3 is 26.3 Å². The molecule has 3 amide bonds. The Morgan fingerprint density at radius 2 is 2.07 bits per heavy atom. The number of imidazole rings is 1. The van der Waals surface area contributed by atoms with Crippen molar-refractivity contribution < 1.29 is 14.4 Å². The number of hydrogen-bond donors (Lipinski definition) is 4. The first-order chi connectivity index (χ1) is 13.9. The SMILES string of the molecule is CC(C)c1ncc(C[C@H](NC(=O)[C@H]2CCCCN2)C(=O)N2CCC[C@H]2C(N)=O)[nH]1. The number of amides is 3. The van der Waals surface area contributed by atoms with E-state index in [0.29, 0.717) is 19.4 Å². The van der Waals surface area contributed by atoms with Crippen LogP contribution in [0.15, 0.2) is 6.20 Å². The van der Waals surface area contributed by atoms with E-state index >= 15 is 0 Å². The molecule has 2 fully saturated rings. The third-order valence-electron chi connectivity index (χ3n) is 5.72. The van der Waals surface area contributed by atoms with Crippen LogP contribution < -0.4 is 16.4 Å². The quantitative estimate of drug-likeness (QED) is 0.514. The molecule has 5 N–H and O–H groups in total. The van der Waals surface area contributed by atoms with Gasteiger partial charge in [-0.25, -0.2) is 4.98 Å². The second-order valence-electron chi connectivity index (χ2n) is 8.31. The highest BCUT2D eigenvalue weighted by atomic mass is 16.2. The zero-order chi connectivity index (χ0) is 21.0. The summed E-state index contributed by atoms with van der Waals surface area (Å²) in [5.74, 6) is 0.121. The van der Waals surface area contributed by atoms with E-state index in [2.05, 4.69) is 20.6 Å². The van der Waals surface area contributed by atoms with Gasteiger partial charge in [-0.05, 0) is 32.2 Å². The molecule has 2 aliphatic rings. The van der Waals surface area contributed by atoms with E-state index in [1.165, 1.54) is 4.90 Å². The van der Waals surface area contributed by atoms with Crippen molar-refractivity contribution in [1.82, 2.24) is 25.5 Å². The third-order valence-corrected chi connectivity index (χ3v) is 5.72. The standard InChI is InChI=1S/C20H32N6O3/c1-12(2)18-23-11-13(24-18)10-15(25-19(28)14-6-3-4-8-22-14)20(29)26-9-5-7-16(26)17(21)27/h11-12,14-16,22H,3-10H2,1-2H3,(H2,21,27)(H,23,24)(H,25,28)/t14-,15+,16+/m1/s1. The summed E-state index contributed by atoms with van der Waals surface area (Å²) in [5, 5.41) is 6.13. The lowest BCUT2D eigenvalue weighted by atomic mass is 10.0. The predicted molar refractivity (Wildman–Crippen MR) is 108 cm³/mol. The second-order valence-corrected chi connectivity index (χ2v) is 8.31. The Kier molecular flexibility index (Phi) is 6.89. The number of carbonyl (C=O) groups excluding carboxylic acids is 3. The summed E-state index contributed by atoms with van der Waals surface area (Å²) >= 11 is 0. The number of piperidine rings is 1. The monoisotopic (exact) mass is 404 g/mol. The zero-order valence-electron chi connectivity index (χ0n) is 17.2. The fraction of sp³-hybridized carbons (Fsp3) is 0.700. The minimum Gasteiger partial charge on any atom is -0.368 e. The van der Waals surface area contributed by atoms with Gasteiger partial charge >= 0.3 is 0 Å². The second kappa shape index (κ2) is 9.39. The molecule has 3 atom stereocenters. The molecule has 0 spiro atoms. The molecule has 160 valence electrons. The molecular formula is C20H32N6O3. The van der Waals surface area contributed by atoms with Gasteiger partial charge in [0, 0.05) is 30.8 Å². The molecule has 0 bridgehead atoms. The van der Waals surface area contributed by atoms with E-state index in [-0.39, 0.29) is 23.8 Å². The Balaban J connectivity index is 1.76. The van der Waals surface area contributed by atoms with E-state index in [0.717, 1.165) is 43.7 Å². The first kappa shape index (κ1) is 21.3. The van der Waals surface area contributed by atoms with E-state index < -0.39 is 18.0 Å². The first-order valence-corrected chi connectivity index (χ1v) is 10.5. The lowest BCUT2D eigenvalue weighted by Crippen LogP contribution is -2.57. The van der Waals surface area contributed by atoms with Crippen LogP contribution in [0.5, 0.6) is 0 Å². The molecule has 29 heavy (non-hydrogen) atoms. The molecule has 1 aromatic rings. The lowest BCUT2D eigenvalue weighted by Gasteiger charge is -2.29. The highest BCUT2D eigenvalue weighted by Gasteiger charge is 2.37. The fourth-order valence-corrected chi connectivity index (χ4v) is 4.07. The van der Waals surface area contributed by atoms with Gasteiger partial charge in [0.2, 0.25) is 17.7 Å². The van der Waals surface area contributed by atoms with Crippen molar-refractivity contribution in [3.8, 4) is 0 Å². The number of aromatic nitrogens is 2. The molecule has 0 saturated carbocycles. The number of primary amides is 1. The van der Waals surface area contributed by atoms with Crippen LogP contribution in [0.25, 0.3) is 0 Å². The first-order valence-electron chi connectivity index (χ1n) is 10.5. The molecule has 0 unspecified atom stereocenters. The number of nitrogens with one attached hydrogen (secondary N) is 3. The van der Waals surface area contributed by atoms with E-state index in [9.17, 15) is 14.4 Å². The average molecular weight is 405 g/mol. The van der Waals surface area contributed by atoms with Crippen molar-refractivity contribution in [3.63, 3.8) is 0 Å². The highest BCUT2D eigenvalue weighted by Crippen LogP contribution is 2.20. The molecule has 3 rings (SSSR count). The van der Waals surface area contributed by atoms with Crippen molar-refractivity contribution in [2.45, 2.75) is 76.4 Å². The minimum atomic E-state index is -0.772. The maximum atomic E-state index is 13.3. The van der Waals surface area contributed by atoms with Crippen molar-refractivity contribution in [2.24, 2.45) is 5.73 Å². The minimum absolute atomic E-state index is 0.179. The third kappa shape index (κ3) is 5.14. The number of likely N-dealkylation sites (tertiary alicyclic amines) is 1. The molecule has 9 nitrogen and oxygen atoms in total. The van der Waals surface area contributed by atoms with Crippen LogP contribution in [0.1, 0.15) is 63.4 Å². The van der Waals surface area contributed by atoms with E-state index in [1.807, 2.05) is 13.8 Å². The lowest BCUT2D eigenvalue weighted by molar-refractivity contribution is -0.140.